The first kappa shape index (κ1) is 23.2. The molecule has 1 rings (SSSR count). The van der Waals surface area contributed by atoms with E-state index in [1.807, 2.05) is 0 Å². The molecule has 1 aromatic rings. The van der Waals surface area contributed by atoms with Crippen LogP contribution in [0.5, 0.6) is 0 Å². The first-order valence-electron chi connectivity index (χ1n) is 11.4. The Morgan fingerprint density at radius 2 is 0.885 bits per heavy atom. The van der Waals surface area contributed by atoms with Crippen LogP contribution in [0.4, 0.5) is 0 Å². The maximum absolute atomic E-state index is 2.30. The summed E-state index contributed by atoms with van der Waals surface area (Å²) in [4.78, 5) is 0. The van der Waals surface area contributed by atoms with Gasteiger partial charge < -0.3 is 4.48 Å². The zero-order chi connectivity index (χ0) is 18.9. The van der Waals surface area contributed by atoms with Crippen molar-refractivity contribution in [1.29, 1.82) is 0 Å². The summed E-state index contributed by atoms with van der Waals surface area (Å²) in [6, 6.07) is 10.9. The van der Waals surface area contributed by atoms with Gasteiger partial charge in [-0.3, -0.25) is 0 Å². The standard InChI is InChI=1S/C25H46N/c1-26(2,3)24-20-15-13-11-9-7-5-4-6-8-10-12-14-17-21-25-22-18-16-19-23-25/h16,18-19,22-23H,4-15,17,20-21,24H2,1-3H3/q+1. The lowest BCUT2D eigenvalue weighted by atomic mass is 10.0. The van der Waals surface area contributed by atoms with Crippen molar-refractivity contribution in [2.24, 2.45) is 0 Å². The van der Waals surface area contributed by atoms with Crippen LogP contribution in [0, 0.1) is 0 Å². The molecule has 0 heterocycles. The molecular formula is C25H46N+. The fraction of sp³-hybridized carbons (Fsp3) is 0.760. The predicted octanol–water partition coefficient (Wildman–Crippen LogP) is 7.40. The summed E-state index contributed by atoms with van der Waals surface area (Å²) in [7, 11) is 6.89. The molecule has 0 saturated carbocycles. The summed E-state index contributed by atoms with van der Waals surface area (Å²) < 4.78 is 1.12. The summed E-state index contributed by atoms with van der Waals surface area (Å²) in [5, 5.41) is 0. The molecule has 0 aliphatic heterocycles. The summed E-state index contributed by atoms with van der Waals surface area (Å²) >= 11 is 0. The van der Waals surface area contributed by atoms with Crippen LogP contribution in [0.15, 0.2) is 30.3 Å². The minimum absolute atomic E-state index is 1.12. The summed E-state index contributed by atoms with van der Waals surface area (Å²) in [5.41, 5.74) is 1.50. The molecular weight excluding hydrogens is 314 g/mol. The third kappa shape index (κ3) is 15.4. The van der Waals surface area contributed by atoms with Crippen LogP contribution in [-0.2, 0) is 6.42 Å². The number of hydrogen-bond acceptors (Lipinski definition) is 0. The second-order valence-electron chi connectivity index (χ2n) is 9.20. The van der Waals surface area contributed by atoms with E-state index < -0.39 is 0 Å². The highest BCUT2D eigenvalue weighted by Gasteiger charge is 2.04. The zero-order valence-electron chi connectivity index (χ0n) is 18.1. The van der Waals surface area contributed by atoms with E-state index in [-0.39, 0.29) is 0 Å². The summed E-state index contributed by atoms with van der Waals surface area (Å²) in [6.07, 6.45) is 21.4. The van der Waals surface area contributed by atoms with Gasteiger partial charge in [-0.25, -0.2) is 0 Å². The maximum atomic E-state index is 2.30. The van der Waals surface area contributed by atoms with Crippen LogP contribution < -0.4 is 0 Å². The quantitative estimate of drug-likeness (QED) is 0.200. The number of rotatable bonds is 17. The van der Waals surface area contributed by atoms with Gasteiger partial charge in [0.25, 0.3) is 0 Å². The van der Waals surface area contributed by atoms with Crippen LogP contribution in [0.25, 0.3) is 0 Å². The highest BCUT2D eigenvalue weighted by Crippen LogP contribution is 2.14. The van der Waals surface area contributed by atoms with Crippen molar-refractivity contribution in [3.8, 4) is 0 Å². The minimum Gasteiger partial charge on any atom is -0.331 e. The molecule has 0 bridgehead atoms. The predicted molar refractivity (Wildman–Crippen MR) is 118 cm³/mol. The molecule has 0 aliphatic rings. The Labute approximate surface area is 164 Å². The highest BCUT2D eigenvalue weighted by atomic mass is 15.3. The van der Waals surface area contributed by atoms with Crippen LogP contribution in [0.2, 0.25) is 0 Å². The van der Waals surface area contributed by atoms with Crippen molar-refractivity contribution >= 4 is 0 Å². The number of aryl methyl sites for hydroxylation is 1. The van der Waals surface area contributed by atoms with E-state index in [4.69, 9.17) is 0 Å². The van der Waals surface area contributed by atoms with Gasteiger partial charge in [-0.15, -0.1) is 0 Å². The first-order valence-corrected chi connectivity index (χ1v) is 11.4. The van der Waals surface area contributed by atoms with E-state index in [0.29, 0.717) is 0 Å². The largest absolute Gasteiger partial charge is 0.331 e. The first-order chi connectivity index (χ1) is 12.6. The molecule has 1 heteroatoms. The van der Waals surface area contributed by atoms with Crippen molar-refractivity contribution in [3.05, 3.63) is 35.9 Å². The second kappa shape index (κ2) is 15.3. The van der Waals surface area contributed by atoms with Gasteiger partial charge in [-0.2, -0.15) is 0 Å². The van der Waals surface area contributed by atoms with E-state index in [9.17, 15) is 0 Å². The lowest BCUT2D eigenvalue weighted by Gasteiger charge is -2.23. The Balaban J connectivity index is 1.72. The fourth-order valence-corrected chi connectivity index (χ4v) is 3.68. The van der Waals surface area contributed by atoms with Crippen molar-refractivity contribution in [3.63, 3.8) is 0 Å². The molecule has 0 radical (unpaired) electrons. The molecule has 0 aromatic heterocycles. The third-order valence-electron chi connectivity index (χ3n) is 5.39. The number of unbranched alkanes of at least 4 members (excludes halogenated alkanes) is 13. The molecule has 26 heavy (non-hydrogen) atoms. The van der Waals surface area contributed by atoms with Gasteiger partial charge >= 0.3 is 0 Å². The Bertz CT molecular complexity index is 404. The molecule has 0 N–H and O–H groups in total. The number of hydrogen-bond donors (Lipinski definition) is 0. The van der Waals surface area contributed by atoms with Gasteiger partial charge in [0, 0.05) is 0 Å². The zero-order valence-corrected chi connectivity index (χ0v) is 18.1. The molecule has 0 spiro atoms. The van der Waals surface area contributed by atoms with E-state index in [0.717, 1.165) is 4.48 Å². The van der Waals surface area contributed by atoms with Gasteiger partial charge in [0.15, 0.2) is 0 Å². The molecule has 1 aromatic carbocycles. The van der Waals surface area contributed by atoms with Gasteiger partial charge in [-0.1, -0.05) is 101 Å². The smallest absolute Gasteiger partial charge is 0.0780 e. The average Bonchev–Trinajstić information content (AvgIpc) is 2.61. The molecule has 1 nitrogen and oxygen atoms in total. The summed E-state index contributed by atoms with van der Waals surface area (Å²) in [6.45, 7) is 1.33. The molecule has 0 atom stereocenters. The average molecular weight is 361 g/mol. The molecule has 150 valence electrons. The number of quaternary nitrogens is 1. The van der Waals surface area contributed by atoms with Gasteiger partial charge in [0.05, 0.1) is 27.7 Å². The van der Waals surface area contributed by atoms with E-state index >= 15 is 0 Å². The van der Waals surface area contributed by atoms with Crippen LogP contribution in [0.1, 0.15) is 95.5 Å². The highest BCUT2D eigenvalue weighted by molar-refractivity contribution is 5.14. The van der Waals surface area contributed by atoms with Crippen LogP contribution in [0.3, 0.4) is 0 Å². The monoisotopic (exact) mass is 360 g/mol. The van der Waals surface area contributed by atoms with Crippen LogP contribution >= 0.6 is 0 Å². The Hall–Kier alpha value is -0.820. The Morgan fingerprint density at radius 1 is 0.500 bits per heavy atom. The van der Waals surface area contributed by atoms with Gasteiger partial charge in [0.1, 0.15) is 0 Å². The third-order valence-corrected chi connectivity index (χ3v) is 5.39. The SMILES string of the molecule is C[N+](C)(C)CCCCCCCCCCCCCCCCc1ccccc1. The number of benzene rings is 1. The lowest BCUT2D eigenvalue weighted by Crippen LogP contribution is -2.35. The fourth-order valence-electron chi connectivity index (χ4n) is 3.68. The molecule has 0 fully saturated rings. The molecule has 0 amide bonds. The van der Waals surface area contributed by atoms with Crippen molar-refractivity contribution in [1.82, 2.24) is 0 Å². The maximum Gasteiger partial charge on any atom is 0.0780 e. The second-order valence-corrected chi connectivity index (χ2v) is 9.20. The molecule has 0 aliphatic carbocycles. The molecule has 0 saturated heterocycles. The van der Waals surface area contributed by atoms with Gasteiger partial charge in [0.2, 0.25) is 0 Å². The van der Waals surface area contributed by atoms with Gasteiger partial charge in [-0.05, 0) is 31.2 Å². The Morgan fingerprint density at radius 3 is 1.31 bits per heavy atom. The minimum atomic E-state index is 1.12. The van der Waals surface area contributed by atoms with E-state index in [2.05, 4.69) is 51.5 Å². The van der Waals surface area contributed by atoms with Crippen LogP contribution in [-0.4, -0.2) is 32.2 Å². The summed E-state index contributed by atoms with van der Waals surface area (Å²) in [5.74, 6) is 0. The van der Waals surface area contributed by atoms with E-state index in [1.54, 1.807) is 0 Å². The van der Waals surface area contributed by atoms with Crippen molar-refractivity contribution < 1.29 is 4.48 Å². The van der Waals surface area contributed by atoms with E-state index in [1.165, 1.54) is 108 Å². The Kier molecular flexibility index (Phi) is 13.6. The van der Waals surface area contributed by atoms with Crippen molar-refractivity contribution in [2.75, 3.05) is 27.7 Å². The van der Waals surface area contributed by atoms with Crippen molar-refractivity contribution in [2.45, 2.75) is 96.3 Å². The lowest BCUT2D eigenvalue weighted by molar-refractivity contribution is -0.870. The topological polar surface area (TPSA) is 0 Å². The normalized spacial score (nSPS) is 11.8. The number of nitrogens with zero attached hydrogens (tertiary/aromatic N) is 1. The molecule has 0 unspecified atom stereocenters.